The minimum atomic E-state index is -0.413. The second kappa shape index (κ2) is 15.7. The highest BCUT2D eigenvalue weighted by atomic mass is 16.5. The molecule has 4 aliphatic carbocycles. The molecule has 0 N–H and O–H groups in total. The van der Waals surface area contributed by atoms with Gasteiger partial charge in [-0.25, -0.2) is 0 Å². The fourth-order valence-electron chi connectivity index (χ4n) is 11.7. The van der Waals surface area contributed by atoms with Crippen molar-refractivity contribution >= 4 is 45.3 Å². The highest BCUT2D eigenvalue weighted by molar-refractivity contribution is 5.99. The molecule has 2 heterocycles. The van der Waals surface area contributed by atoms with Gasteiger partial charge in [-0.05, 0) is 99.2 Å². The Balaban J connectivity index is 1.11. The van der Waals surface area contributed by atoms with Gasteiger partial charge < -0.3 is 14.1 Å². The molecule has 7 aromatic rings. The number of hydrogen-bond donors (Lipinski definition) is 0. The normalized spacial score (nSPS) is 22.5. The molecule has 1 aliphatic heterocycles. The molecule has 66 heavy (non-hydrogen) atoms. The average Bonchev–Trinajstić information content (AvgIpc) is 3.91. The standard InChI is InChI=1S/C63H57NO2/c1-38(2)41-25-27-43(28-26-41)60(51-20-13-18-49-48-33-24-40(5)35-58(48)66-61(49)51)54-36-53-52(45-15-7-8-16-46(45)54)37-59(63(6)34-12-11-21-55(53)63)64(44-31-29-42(30-32-44)39(3)4)56-22-14-19-50-47-17-9-10-23-57(47)65-62(50)56/h7-34,36-40,47,55,57,60H,35H2,1-6H3. The van der Waals surface area contributed by atoms with E-state index in [1.54, 1.807) is 0 Å². The first-order chi connectivity index (χ1) is 32.2. The monoisotopic (exact) mass is 859 g/mol. The van der Waals surface area contributed by atoms with Gasteiger partial charge in [-0.3, -0.25) is 0 Å². The van der Waals surface area contributed by atoms with Crippen molar-refractivity contribution in [2.45, 2.75) is 83.7 Å². The van der Waals surface area contributed by atoms with E-state index in [0.717, 1.165) is 34.9 Å². The van der Waals surface area contributed by atoms with Crippen molar-refractivity contribution in [1.82, 2.24) is 0 Å². The highest BCUT2D eigenvalue weighted by Crippen LogP contribution is 2.59. The minimum Gasteiger partial charge on any atom is -0.483 e. The first-order valence-corrected chi connectivity index (χ1v) is 24.2. The van der Waals surface area contributed by atoms with E-state index in [1.807, 2.05) is 0 Å². The molecule has 6 unspecified atom stereocenters. The summed E-state index contributed by atoms with van der Waals surface area (Å²) in [6.45, 7) is 13.8. The van der Waals surface area contributed by atoms with Gasteiger partial charge in [-0.15, -0.1) is 0 Å². The number of nitrogens with zero attached hydrogens (tertiary/aromatic N) is 1. The lowest BCUT2D eigenvalue weighted by molar-refractivity contribution is 0.269. The van der Waals surface area contributed by atoms with Crippen molar-refractivity contribution in [2.24, 2.45) is 11.3 Å². The summed E-state index contributed by atoms with van der Waals surface area (Å²) in [5, 5.41) is 3.70. The van der Waals surface area contributed by atoms with Gasteiger partial charge in [0, 0.05) is 63.1 Å². The highest BCUT2D eigenvalue weighted by Gasteiger charge is 2.46. The zero-order valence-corrected chi connectivity index (χ0v) is 38.8. The molecule has 3 heteroatoms. The lowest BCUT2D eigenvalue weighted by atomic mass is 9.63. The van der Waals surface area contributed by atoms with Crippen molar-refractivity contribution in [3.8, 4) is 5.75 Å². The van der Waals surface area contributed by atoms with Gasteiger partial charge in [0.1, 0.15) is 23.2 Å². The quantitative estimate of drug-likeness (QED) is 0.142. The van der Waals surface area contributed by atoms with Crippen molar-refractivity contribution < 1.29 is 9.15 Å². The molecule has 0 spiro atoms. The van der Waals surface area contributed by atoms with Crippen LogP contribution in [0.5, 0.6) is 5.75 Å². The summed E-state index contributed by atoms with van der Waals surface area (Å²) < 4.78 is 14.0. The molecule has 0 saturated heterocycles. The third kappa shape index (κ3) is 6.38. The molecule has 0 saturated carbocycles. The molecule has 0 radical (unpaired) electrons. The second-order valence-electron chi connectivity index (χ2n) is 20.2. The Hall–Kier alpha value is -6.84. The minimum absolute atomic E-state index is 0.0207. The van der Waals surface area contributed by atoms with Crippen molar-refractivity contribution in [3.05, 3.63) is 231 Å². The summed E-state index contributed by atoms with van der Waals surface area (Å²) in [7, 11) is 0. The van der Waals surface area contributed by atoms with E-state index in [9.17, 15) is 0 Å². The van der Waals surface area contributed by atoms with Gasteiger partial charge >= 0.3 is 0 Å². The molecule has 1 aromatic heterocycles. The molecule has 6 atom stereocenters. The van der Waals surface area contributed by atoms with Crippen molar-refractivity contribution in [2.75, 3.05) is 4.90 Å². The zero-order chi connectivity index (χ0) is 44.8. The molecular weight excluding hydrogens is 803 g/mol. The van der Waals surface area contributed by atoms with Crippen LogP contribution >= 0.6 is 0 Å². The number of ether oxygens (including phenoxy) is 1. The van der Waals surface area contributed by atoms with Crippen molar-refractivity contribution in [1.29, 1.82) is 0 Å². The first kappa shape index (κ1) is 40.7. The van der Waals surface area contributed by atoms with Crippen LogP contribution in [0.15, 0.2) is 180 Å². The van der Waals surface area contributed by atoms with Crippen LogP contribution in [0.4, 0.5) is 11.4 Å². The average molecular weight is 860 g/mol. The third-order valence-electron chi connectivity index (χ3n) is 15.4. The van der Waals surface area contributed by atoms with Crippen LogP contribution in [0.1, 0.15) is 127 Å². The molecular formula is C63H57NO2. The zero-order valence-electron chi connectivity index (χ0n) is 38.8. The molecule has 0 amide bonds. The Labute approximate surface area is 389 Å². The number of rotatable bonds is 8. The van der Waals surface area contributed by atoms with E-state index in [2.05, 4.69) is 229 Å². The summed E-state index contributed by atoms with van der Waals surface area (Å²) >= 11 is 0. The second-order valence-corrected chi connectivity index (χ2v) is 20.2. The van der Waals surface area contributed by atoms with Gasteiger partial charge in [0.05, 0.1) is 5.69 Å². The van der Waals surface area contributed by atoms with E-state index in [0.29, 0.717) is 17.8 Å². The number of para-hydroxylation sites is 2. The SMILES string of the molecule is CC1C=Cc2c(oc3c(C(c4ccc(C(C)C)cc4)c4cc5c(c6ccccc46)C=C(N(c4ccc(C(C)C)cc4)c4cccc6c4OC4C=CC=CC64)C4(C)C=CC=CC54)cccc23)C1. The summed E-state index contributed by atoms with van der Waals surface area (Å²) in [6.07, 6.45) is 26.2. The lowest BCUT2D eigenvalue weighted by Gasteiger charge is -2.47. The topological polar surface area (TPSA) is 25.6 Å². The fourth-order valence-corrected chi connectivity index (χ4v) is 11.7. The molecule has 12 rings (SSSR count). The molecule has 0 bridgehead atoms. The number of benzene rings is 6. The predicted octanol–water partition coefficient (Wildman–Crippen LogP) is 16.6. The first-order valence-electron chi connectivity index (χ1n) is 24.2. The van der Waals surface area contributed by atoms with Gasteiger partial charge in [0.25, 0.3) is 0 Å². The van der Waals surface area contributed by atoms with Crippen LogP contribution in [0.3, 0.4) is 0 Å². The van der Waals surface area contributed by atoms with Crippen LogP contribution in [-0.2, 0) is 6.42 Å². The maximum Gasteiger partial charge on any atom is 0.148 e. The van der Waals surface area contributed by atoms with Gasteiger partial charge in [-0.2, -0.15) is 0 Å². The Kier molecular flexibility index (Phi) is 9.65. The molecule has 6 aromatic carbocycles. The Bertz CT molecular complexity index is 3260. The Morgan fingerprint density at radius 2 is 1.33 bits per heavy atom. The smallest absolute Gasteiger partial charge is 0.148 e. The number of hydrogen-bond acceptors (Lipinski definition) is 3. The number of allylic oxidation sites excluding steroid dienone is 7. The van der Waals surface area contributed by atoms with E-state index >= 15 is 0 Å². The number of anilines is 2. The van der Waals surface area contributed by atoms with Crippen LogP contribution < -0.4 is 9.64 Å². The molecule has 5 aliphatic rings. The van der Waals surface area contributed by atoms with Crippen LogP contribution in [-0.4, -0.2) is 6.10 Å². The maximum absolute atomic E-state index is 7.01. The van der Waals surface area contributed by atoms with E-state index in [4.69, 9.17) is 9.15 Å². The van der Waals surface area contributed by atoms with Crippen LogP contribution in [0, 0.1) is 11.3 Å². The Morgan fingerprint density at radius 3 is 2.12 bits per heavy atom. The van der Waals surface area contributed by atoms with Gasteiger partial charge in [0.2, 0.25) is 0 Å². The lowest BCUT2D eigenvalue weighted by Crippen LogP contribution is -2.37. The maximum atomic E-state index is 7.01. The summed E-state index contributed by atoms with van der Waals surface area (Å²) in [4.78, 5) is 2.52. The van der Waals surface area contributed by atoms with E-state index in [1.165, 1.54) is 71.9 Å². The molecule has 3 nitrogen and oxygen atoms in total. The largest absolute Gasteiger partial charge is 0.483 e. The number of fused-ring (bicyclic) bond motifs is 11. The number of furan rings is 1. The fraction of sp³-hybridized carbons (Fsp3) is 0.238. The summed E-state index contributed by atoms with van der Waals surface area (Å²) in [5.74, 6) is 3.52. The van der Waals surface area contributed by atoms with E-state index < -0.39 is 5.41 Å². The summed E-state index contributed by atoms with van der Waals surface area (Å²) in [6, 6.07) is 43.9. The third-order valence-corrected chi connectivity index (χ3v) is 15.4. The van der Waals surface area contributed by atoms with Crippen LogP contribution in [0.25, 0.3) is 33.9 Å². The van der Waals surface area contributed by atoms with Crippen LogP contribution in [0.2, 0.25) is 0 Å². The van der Waals surface area contributed by atoms with E-state index in [-0.39, 0.29) is 23.9 Å². The molecule has 0 fully saturated rings. The Morgan fingerprint density at radius 1 is 0.636 bits per heavy atom. The van der Waals surface area contributed by atoms with Gasteiger partial charge in [0.15, 0.2) is 0 Å². The predicted molar refractivity (Wildman–Crippen MR) is 275 cm³/mol. The molecule has 326 valence electrons. The van der Waals surface area contributed by atoms with Gasteiger partial charge in [-0.1, -0.05) is 186 Å². The summed E-state index contributed by atoms with van der Waals surface area (Å²) in [5.41, 5.74) is 15.5. The van der Waals surface area contributed by atoms with Crippen molar-refractivity contribution in [3.63, 3.8) is 0 Å².